The van der Waals surface area contributed by atoms with Crippen molar-refractivity contribution >= 4 is 31.2 Å². The molecule has 0 aliphatic rings. The summed E-state index contributed by atoms with van der Waals surface area (Å²) < 4.78 is 105. The minimum Gasteiger partial charge on any atom is -0.726 e. The van der Waals surface area contributed by atoms with Crippen molar-refractivity contribution in [2.75, 3.05) is 19.8 Å². The average Bonchev–Trinajstić information content (AvgIpc) is 3.13. The Labute approximate surface area is 476 Å². The molecule has 0 saturated carbocycles. The summed E-state index contributed by atoms with van der Waals surface area (Å²) in [4.78, 5) is 0. The van der Waals surface area contributed by atoms with Crippen LogP contribution in [0.2, 0.25) is 0 Å². The molecule has 12 nitrogen and oxygen atoms in total. The van der Waals surface area contributed by atoms with Crippen molar-refractivity contribution in [2.45, 2.75) is 237 Å². The third kappa shape index (κ3) is 73.1. The first-order valence-corrected chi connectivity index (χ1v) is 28.9. The Morgan fingerprint density at radius 2 is 0.409 bits per heavy atom. The molecule has 0 radical (unpaired) electrons. The van der Waals surface area contributed by atoms with Gasteiger partial charge in [-0.15, -0.1) is 0 Å². The summed E-state index contributed by atoms with van der Waals surface area (Å²) in [6.07, 6.45) is 27.7. The van der Waals surface area contributed by atoms with Gasteiger partial charge in [0.15, 0.2) is 0 Å². The van der Waals surface area contributed by atoms with Crippen LogP contribution in [0.15, 0.2) is 0 Å². The van der Waals surface area contributed by atoms with Crippen molar-refractivity contribution in [2.24, 2.45) is 53.3 Å². The summed E-state index contributed by atoms with van der Waals surface area (Å²) in [5, 5.41) is 0. The Kier molecular flexibility index (Phi) is 60.4. The van der Waals surface area contributed by atoms with Gasteiger partial charge in [0.1, 0.15) is 0 Å². The first-order valence-electron chi connectivity index (χ1n) is 24.9. The summed E-state index contributed by atoms with van der Waals surface area (Å²) in [6.45, 7) is 27.2. The topological polar surface area (TPSA) is 199 Å². The van der Waals surface area contributed by atoms with Crippen molar-refractivity contribution in [1.29, 1.82) is 0 Å². The Bertz CT molecular complexity index is 1360. The van der Waals surface area contributed by atoms with Crippen molar-refractivity contribution in [3.05, 3.63) is 0 Å². The fourth-order valence-electron chi connectivity index (χ4n) is 7.71. The average molecular weight is 1030 g/mol. The molecular weight excluding hydrogens is 934 g/mol. The van der Waals surface area contributed by atoms with Crippen molar-refractivity contribution in [3.8, 4) is 0 Å². The van der Waals surface area contributed by atoms with E-state index in [1.165, 1.54) is 109 Å². The van der Waals surface area contributed by atoms with E-state index >= 15 is 0 Å². The molecule has 0 amide bonds. The molecule has 6 atom stereocenters. The van der Waals surface area contributed by atoms with Crippen LogP contribution in [0.3, 0.4) is 0 Å². The molecule has 6 unspecified atom stereocenters. The zero-order valence-corrected chi connectivity index (χ0v) is 53.9. The second-order valence-electron chi connectivity index (χ2n) is 20.5. The van der Waals surface area contributed by atoms with E-state index in [0.717, 1.165) is 61.2 Å². The van der Waals surface area contributed by atoms with Gasteiger partial charge < -0.3 is 13.7 Å². The van der Waals surface area contributed by atoms with E-state index in [0.29, 0.717) is 37.0 Å². The van der Waals surface area contributed by atoms with E-state index < -0.39 is 31.2 Å². The SMILES string of the molecule is CC(C)CCCC(C)CCCC(C)CCCC(C)CCCOS(=O)(=O)[O-].CC(C)CCCC(C)CCCC(C)CCCOS(=O)(=O)[O-].CC(C)CCCC(C)CCCOS(=O)(=O)[O-].[Na+].[Na+].[Na+]. The predicted octanol–water partition coefficient (Wildman–Crippen LogP) is 4.55. The van der Waals surface area contributed by atoms with Gasteiger partial charge in [-0.1, -0.05) is 199 Å². The van der Waals surface area contributed by atoms with Crippen LogP contribution in [-0.2, 0) is 43.7 Å². The first kappa shape index (κ1) is 80.0. The van der Waals surface area contributed by atoms with Gasteiger partial charge in [0.2, 0.25) is 31.2 Å². The van der Waals surface area contributed by atoms with Gasteiger partial charge >= 0.3 is 88.7 Å². The van der Waals surface area contributed by atoms with E-state index in [1.807, 2.05) is 0 Å². The van der Waals surface area contributed by atoms with E-state index in [9.17, 15) is 38.9 Å². The van der Waals surface area contributed by atoms with Crippen LogP contribution in [-0.4, -0.2) is 58.7 Å². The summed E-state index contributed by atoms with van der Waals surface area (Å²) in [7, 11) is -13.5. The standard InChI is InChI=1S/C21H44O4S.C16H34O4S.C11H24O4S.3Na/c1-18(2)10-6-11-19(3)12-7-13-20(4)14-8-15-21(5)16-9-17-25-26(22,23)24;1-14(2)8-5-9-15(3)10-6-11-16(4)12-7-13-20-21(17,18)19;1-10(2)6-4-7-11(3)8-5-9-15-16(12,13)14;;;/h18-21H,6-17H2,1-5H3,(H,22,23,24);14-16H,5-13H2,1-4H3,(H,17,18,19);10-11H,4-9H2,1-3H3,(H,12,13,14);;;/q;;;3*+1/p-3. The second-order valence-corrected chi connectivity index (χ2v) is 23.7. The van der Waals surface area contributed by atoms with Gasteiger partial charge in [0, 0.05) is 0 Å². The van der Waals surface area contributed by atoms with Gasteiger partial charge in [-0.2, -0.15) is 0 Å². The van der Waals surface area contributed by atoms with Crippen molar-refractivity contribution < 1.29 is 140 Å². The third-order valence-corrected chi connectivity index (χ3v) is 13.2. The smallest absolute Gasteiger partial charge is 0.726 e. The van der Waals surface area contributed by atoms with Crippen LogP contribution < -0.4 is 88.7 Å². The second kappa shape index (κ2) is 49.8. The minimum atomic E-state index is -4.52. The number of rotatable bonds is 39. The zero-order chi connectivity index (χ0) is 48.9. The molecule has 0 fully saturated rings. The molecule has 384 valence electrons. The Morgan fingerprint density at radius 3 is 0.545 bits per heavy atom. The molecule has 0 rings (SSSR count). The molecule has 0 spiro atoms. The van der Waals surface area contributed by atoms with E-state index in [-0.39, 0.29) is 108 Å². The largest absolute Gasteiger partial charge is 1.00 e. The molecule has 0 bridgehead atoms. The Hall–Kier alpha value is 2.61. The fraction of sp³-hybridized carbons (Fsp3) is 1.00. The van der Waals surface area contributed by atoms with Crippen molar-refractivity contribution in [1.82, 2.24) is 0 Å². The van der Waals surface area contributed by atoms with Crippen LogP contribution in [0.5, 0.6) is 0 Å². The van der Waals surface area contributed by atoms with Crippen LogP contribution in [0.4, 0.5) is 0 Å². The normalized spacial score (nSPS) is 14.6. The number of hydrogen-bond donors (Lipinski definition) is 0. The monoisotopic (exact) mass is 1030 g/mol. The molecule has 0 aromatic carbocycles. The maximum atomic E-state index is 10.4. The minimum absolute atomic E-state index is 0. The maximum Gasteiger partial charge on any atom is 1.00 e. The zero-order valence-electron chi connectivity index (χ0n) is 45.4. The summed E-state index contributed by atoms with van der Waals surface area (Å²) in [6, 6.07) is 0. The summed E-state index contributed by atoms with van der Waals surface area (Å²) in [5.41, 5.74) is 0. The van der Waals surface area contributed by atoms with E-state index in [4.69, 9.17) is 0 Å². The van der Waals surface area contributed by atoms with Crippen LogP contribution >= 0.6 is 0 Å². The molecule has 0 heterocycles. The number of hydrogen-bond acceptors (Lipinski definition) is 12. The fourth-order valence-corrected chi connectivity index (χ4v) is 8.68. The van der Waals surface area contributed by atoms with Crippen LogP contribution in [0.25, 0.3) is 0 Å². The third-order valence-electron chi connectivity index (χ3n) is 11.8. The molecular formula is C48H99Na3O12S3. The molecule has 0 aliphatic heterocycles. The van der Waals surface area contributed by atoms with Crippen LogP contribution in [0, 0.1) is 53.3 Å². The quantitative estimate of drug-likeness (QED) is 0.0361. The predicted molar refractivity (Wildman–Crippen MR) is 257 cm³/mol. The Balaban J connectivity index is -0.000000205. The molecule has 18 heteroatoms. The molecule has 0 saturated heterocycles. The van der Waals surface area contributed by atoms with E-state index in [1.54, 1.807) is 0 Å². The molecule has 66 heavy (non-hydrogen) atoms. The summed E-state index contributed by atoms with van der Waals surface area (Å²) >= 11 is 0. The molecule has 0 aromatic heterocycles. The van der Waals surface area contributed by atoms with Gasteiger partial charge in [-0.05, 0) is 91.8 Å². The molecule has 0 N–H and O–H groups in total. The van der Waals surface area contributed by atoms with E-state index in [2.05, 4.69) is 95.6 Å². The first-order chi connectivity index (χ1) is 29.1. The van der Waals surface area contributed by atoms with Crippen molar-refractivity contribution in [3.63, 3.8) is 0 Å². The van der Waals surface area contributed by atoms with Gasteiger partial charge in [0.25, 0.3) is 0 Å². The maximum absolute atomic E-state index is 10.4. The molecule has 0 aromatic rings. The molecule has 0 aliphatic carbocycles. The van der Waals surface area contributed by atoms with Gasteiger partial charge in [0.05, 0.1) is 19.8 Å². The van der Waals surface area contributed by atoms with Gasteiger partial charge in [-0.25, -0.2) is 25.3 Å². The van der Waals surface area contributed by atoms with Gasteiger partial charge in [-0.3, -0.25) is 12.5 Å². The Morgan fingerprint density at radius 1 is 0.273 bits per heavy atom. The summed E-state index contributed by atoms with van der Waals surface area (Å²) in [5.74, 6) is 6.50. The van der Waals surface area contributed by atoms with Crippen LogP contribution in [0.1, 0.15) is 237 Å².